The van der Waals surface area contributed by atoms with E-state index in [-0.39, 0.29) is 6.61 Å². The molecular weight excluding hydrogens is 350 g/mol. The van der Waals surface area contributed by atoms with Gasteiger partial charge in [0.05, 0.1) is 0 Å². The molecule has 1 saturated heterocycles. The van der Waals surface area contributed by atoms with Gasteiger partial charge in [0, 0.05) is 33.5 Å². The summed E-state index contributed by atoms with van der Waals surface area (Å²) in [6, 6.07) is 15.9. The summed E-state index contributed by atoms with van der Waals surface area (Å²) >= 11 is 8.16. The molecule has 2 unspecified atom stereocenters. The van der Waals surface area contributed by atoms with Crippen LogP contribution >= 0.6 is 23.4 Å². The summed E-state index contributed by atoms with van der Waals surface area (Å²) in [5.74, 6) is 0. The molecule has 0 aliphatic carbocycles. The maximum atomic E-state index is 9.53. The van der Waals surface area contributed by atoms with E-state index in [9.17, 15) is 5.11 Å². The molecule has 2 aromatic carbocycles. The van der Waals surface area contributed by atoms with Gasteiger partial charge in [0.25, 0.3) is 0 Å². The molecule has 1 N–H and O–H groups in total. The van der Waals surface area contributed by atoms with Crippen LogP contribution < -0.4 is 0 Å². The molecule has 0 aromatic heterocycles. The summed E-state index contributed by atoms with van der Waals surface area (Å²) in [6.45, 7) is 1.39. The van der Waals surface area contributed by atoms with Crippen LogP contribution in [0, 0.1) is 0 Å². The lowest BCUT2D eigenvalue weighted by Gasteiger charge is -2.41. The maximum Gasteiger partial charge on any atom is 0.0445 e. The van der Waals surface area contributed by atoms with E-state index >= 15 is 0 Å². The van der Waals surface area contributed by atoms with Gasteiger partial charge in [0.2, 0.25) is 0 Å². The minimum atomic E-state index is 0.271. The van der Waals surface area contributed by atoms with Crippen molar-refractivity contribution in [3.63, 3.8) is 0 Å². The molecule has 2 nitrogen and oxygen atoms in total. The number of hydrogen-bond acceptors (Lipinski definition) is 3. The molecular formula is C21H24ClNOS. The van der Waals surface area contributed by atoms with Crippen molar-refractivity contribution in [1.82, 2.24) is 4.90 Å². The highest BCUT2D eigenvalue weighted by Crippen LogP contribution is 2.44. The van der Waals surface area contributed by atoms with Crippen molar-refractivity contribution in [3.05, 3.63) is 58.6 Å². The number of hydrogen-bond donors (Lipinski definition) is 1. The second-order valence-electron chi connectivity index (χ2n) is 7.01. The van der Waals surface area contributed by atoms with Gasteiger partial charge in [-0.15, -0.1) is 0 Å². The van der Waals surface area contributed by atoms with Gasteiger partial charge in [-0.2, -0.15) is 0 Å². The topological polar surface area (TPSA) is 23.5 Å². The fourth-order valence-electron chi connectivity index (χ4n) is 4.28. The molecule has 2 atom stereocenters. The second kappa shape index (κ2) is 7.71. The third-order valence-electron chi connectivity index (χ3n) is 5.47. The number of likely N-dealkylation sites (tertiary alicyclic amines) is 1. The molecule has 2 aliphatic rings. The fraction of sp³-hybridized carbons (Fsp3) is 0.429. The summed E-state index contributed by atoms with van der Waals surface area (Å²) in [5, 5.41) is 10.3. The fourth-order valence-corrected chi connectivity index (χ4v) is 5.59. The summed E-state index contributed by atoms with van der Waals surface area (Å²) in [5.41, 5.74) is 2.76. The number of aliphatic hydroxyl groups is 1. The lowest BCUT2D eigenvalue weighted by atomic mass is 9.91. The summed E-state index contributed by atoms with van der Waals surface area (Å²) in [7, 11) is 0. The molecule has 25 heavy (non-hydrogen) atoms. The third-order valence-corrected chi connectivity index (χ3v) is 6.91. The van der Waals surface area contributed by atoms with Crippen molar-refractivity contribution in [2.75, 3.05) is 13.2 Å². The largest absolute Gasteiger partial charge is 0.396 e. The minimum absolute atomic E-state index is 0.271. The van der Waals surface area contributed by atoms with Gasteiger partial charge in [-0.1, -0.05) is 48.0 Å². The Labute approximate surface area is 159 Å². The van der Waals surface area contributed by atoms with Gasteiger partial charge in [-0.05, 0) is 67.6 Å². The van der Waals surface area contributed by atoms with E-state index in [1.54, 1.807) is 0 Å². The first kappa shape index (κ1) is 17.4. The van der Waals surface area contributed by atoms with Crippen LogP contribution in [-0.2, 0) is 6.42 Å². The molecule has 2 aromatic rings. The van der Waals surface area contributed by atoms with E-state index in [4.69, 9.17) is 11.6 Å². The van der Waals surface area contributed by atoms with Crippen LogP contribution in [0.5, 0.6) is 0 Å². The Morgan fingerprint density at radius 1 is 1.12 bits per heavy atom. The molecule has 132 valence electrons. The van der Waals surface area contributed by atoms with Crippen LogP contribution in [0.15, 0.2) is 52.3 Å². The van der Waals surface area contributed by atoms with E-state index in [0.717, 1.165) is 24.4 Å². The van der Waals surface area contributed by atoms with Gasteiger partial charge in [0.1, 0.15) is 0 Å². The molecule has 4 rings (SSSR count). The van der Waals surface area contributed by atoms with Crippen LogP contribution in [0.2, 0.25) is 5.02 Å². The van der Waals surface area contributed by atoms with Crippen LogP contribution in [0.4, 0.5) is 0 Å². The molecule has 0 radical (unpaired) electrons. The first-order chi connectivity index (χ1) is 12.3. The number of benzene rings is 2. The number of nitrogens with zero attached hydrogens (tertiary/aromatic N) is 1. The van der Waals surface area contributed by atoms with Crippen molar-refractivity contribution < 1.29 is 5.11 Å². The van der Waals surface area contributed by atoms with Gasteiger partial charge in [0.15, 0.2) is 0 Å². The summed E-state index contributed by atoms with van der Waals surface area (Å²) in [6.07, 6.45) is 5.56. The highest BCUT2D eigenvalue weighted by atomic mass is 35.5. The Morgan fingerprint density at radius 2 is 2.00 bits per heavy atom. The SMILES string of the molecule is OCCC1CCCCN1C1Cc2cc(Cl)ccc2Sc2ccccc21. The zero-order valence-corrected chi connectivity index (χ0v) is 15.9. The zero-order valence-electron chi connectivity index (χ0n) is 14.3. The molecule has 1 fully saturated rings. The molecule has 2 heterocycles. The van der Waals surface area contributed by atoms with E-state index in [1.165, 1.54) is 40.2 Å². The Kier molecular flexibility index (Phi) is 5.37. The number of rotatable bonds is 3. The average molecular weight is 374 g/mol. The lowest BCUT2D eigenvalue weighted by Crippen LogP contribution is -2.43. The average Bonchev–Trinajstić information content (AvgIpc) is 2.79. The standard InChI is InChI=1S/C21H24ClNOS/c22-16-8-9-20-15(13-16)14-19(18-6-1-2-7-21(18)25-20)23-11-4-3-5-17(23)10-12-24/h1-2,6-9,13,17,19,24H,3-5,10-12,14H2. The molecule has 0 bridgehead atoms. The molecule has 0 amide bonds. The highest BCUT2D eigenvalue weighted by Gasteiger charge is 2.33. The monoisotopic (exact) mass is 373 g/mol. The zero-order chi connectivity index (χ0) is 17.2. The number of piperidine rings is 1. The number of fused-ring (bicyclic) bond motifs is 2. The maximum absolute atomic E-state index is 9.53. The molecule has 0 spiro atoms. The Bertz CT molecular complexity index is 748. The normalized spacial score (nSPS) is 23.6. The minimum Gasteiger partial charge on any atom is -0.396 e. The molecule has 4 heteroatoms. The Morgan fingerprint density at radius 3 is 2.88 bits per heavy atom. The van der Waals surface area contributed by atoms with Gasteiger partial charge in [-0.25, -0.2) is 0 Å². The van der Waals surface area contributed by atoms with Crippen LogP contribution in [0.1, 0.15) is 42.9 Å². The first-order valence-electron chi connectivity index (χ1n) is 9.18. The summed E-state index contributed by atoms with van der Waals surface area (Å²) in [4.78, 5) is 5.31. The Balaban J connectivity index is 1.76. The van der Waals surface area contributed by atoms with Crippen LogP contribution in [0.3, 0.4) is 0 Å². The predicted octanol–water partition coefficient (Wildman–Crippen LogP) is 5.33. The highest BCUT2D eigenvalue weighted by molar-refractivity contribution is 7.99. The number of halogens is 1. The second-order valence-corrected chi connectivity index (χ2v) is 8.53. The summed E-state index contributed by atoms with van der Waals surface area (Å²) < 4.78 is 0. The number of aliphatic hydroxyl groups excluding tert-OH is 1. The smallest absolute Gasteiger partial charge is 0.0445 e. The third kappa shape index (κ3) is 3.61. The van der Waals surface area contributed by atoms with Gasteiger partial charge >= 0.3 is 0 Å². The van der Waals surface area contributed by atoms with Crippen LogP contribution in [-0.4, -0.2) is 29.2 Å². The van der Waals surface area contributed by atoms with E-state index < -0.39 is 0 Å². The van der Waals surface area contributed by atoms with Gasteiger partial charge in [-0.3, -0.25) is 4.90 Å². The van der Waals surface area contributed by atoms with E-state index in [0.29, 0.717) is 12.1 Å². The predicted molar refractivity (Wildman–Crippen MR) is 105 cm³/mol. The van der Waals surface area contributed by atoms with Crippen molar-refractivity contribution in [2.45, 2.75) is 54.0 Å². The van der Waals surface area contributed by atoms with Crippen molar-refractivity contribution in [3.8, 4) is 0 Å². The van der Waals surface area contributed by atoms with E-state index in [2.05, 4.69) is 41.3 Å². The van der Waals surface area contributed by atoms with Crippen LogP contribution in [0.25, 0.3) is 0 Å². The van der Waals surface area contributed by atoms with Crippen molar-refractivity contribution in [1.29, 1.82) is 0 Å². The Hall–Kier alpha value is -1.00. The van der Waals surface area contributed by atoms with E-state index in [1.807, 2.05) is 17.8 Å². The first-order valence-corrected chi connectivity index (χ1v) is 10.4. The van der Waals surface area contributed by atoms with Crippen molar-refractivity contribution in [2.24, 2.45) is 0 Å². The molecule has 0 saturated carbocycles. The lowest BCUT2D eigenvalue weighted by molar-refractivity contribution is 0.0736. The quantitative estimate of drug-likeness (QED) is 0.787. The van der Waals surface area contributed by atoms with Gasteiger partial charge < -0.3 is 5.11 Å². The molecule has 2 aliphatic heterocycles. The van der Waals surface area contributed by atoms with Crippen molar-refractivity contribution >= 4 is 23.4 Å².